The highest BCUT2D eigenvalue weighted by Gasteiger charge is 2.17. The minimum Gasteiger partial charge on any atom is -0.398 e. The Kier molecular flexibility index (Phi) is 5.08. The highest BCUT2D eigenvalue weighted by molar-refractivity contribution is 9.10. The van der Waals surface area contributed by atoms with Crippen LogP contribution in [0.2, 0.25) is 0 Å². The summed E-state index contributed by atoms with van der Waals surface area (Å²) in [6.07, 6.45) is 4.40. The minimum absolute atomic E-state index is 0.0762. The van der Waals surface area contributed by atoms with Crippen LogP contribution >= 0.6 is 15.9 Å². The van der Waals surface area contributed by atoms with Crippen LogP contribution in [0.15, 0.2) is 102 Å². The Morgan fingerprint density at radius 2 is 1.33 bits per heavy atom. The first-order valence-corrected chi connectivity index (χ1v) is 9.78. The summed E-state index contributed by atoms with van der Waals surface area (Å²) in [5.74, 6) is 0.0762. The first-order chi connectivity index (χ1) is 13.2. The number of benzene rings is 4. The molecule has 4 aromatic carbocycles. The lowest BCUT2D eigenvalue weighted by molar-refractivity contribution is 1.04. The van der Waals surface area contributed by atoms with Gasteiger partial charge < -0.3 is 5.73 Å². The molecule has 1 atom stereocenters. The number of hydrogen-bond donors (Lipinski definition) is 1. The average molecular weight is 414 g/mol. The van der Waals surface area contributed by atoms with Crippen molar-refractivity contribution in [3.8, 4) is 0 Å². The molecule has 132 valence electrons. The predicted octanol–water partition coefficient (Wildman–Crippen LogP) is 7.03. The van der Waals surface area contributed by atoms with Gasteiger partial charge in [0.1, 0.15) is 0 Å². The molecule has 0 bridgehead atoms. The summed E-state index contributed by atoms with van der Waals surface area (Å²) in [4.78, 5) is 0. The van der Waals surface area contributed by atoms with Crippen LogP contribution in [-0.2, 0) is 0 Å². The van der Waals surface area contributed by atoms with E-state index in [1.165, 1.54) is 11.1 Å². The molecule has 0 radical (unpaired) electrons. The van der Waals surface area contributed by atoms with Crippen LogP contribution in [-0.4, -0.2) is 0 Å². The zero-order valence-electron chi connectivity index (χ0n) is 14.8. The first-order valence-electron chi connectivity index (χ1n) is 8.99. The highest BCUT2D eigenvalue weighted by atomic mass is 79.9. The number of allylic oxidation sites excluding steroid dienone is 1. The lowest BCUT2D eigenvalue weighted by atomic mass is 9.87. The van der Waals surface area contributed by atoms with Crippen LogP contribution in [0.3, 0.4) is 0 Å². The van der Waals surface area contributed by atoms with Gasteiger partial charge >= 0.3 is 0 Å². The molecule has 4 rings (SSSR count). The average Bonchev–Trinajstić information content (AvgIpc) is 2.73. The summed E-state index contributed by atoms with van der Waals surface area (Å²) in [6.45, 7) is 0. The summed E-state index contributed by atoms with van der Waals surface area (Å²) >= 11 is 3.74. The third-order valence-electron chi connectivity index (χ3n) is 4.84. The molecule has 2 heteroatoms. The van der Waals surface area contributed by atoms with Crippen LogP contribution < -0.4 is 5.73 Å². The van der Waals surface area contributed by atoms with Crippen molar-refractivity contribution in [2.24, 2.45) is 0 Å². The molecule has 0 amide bonds. The SMILES string of the molecule is Nc1c([C@H](/C=C/c2ccccc2)c2ccccc2)cc(Br)c2ccccc12. The molecule has 0 aliphatic rings. The largest absolute Gasteiger partial charge is 0.398 e. The number of nitrogens with two attached hydrogens (primary N) is 1. The molecule has 0 saturated heterocycles. The van der Waals surface area contributed by atoms with E-state index in [4.69, 9.17) is 5.73 Å². The van der Waals surface area contributed by atoms with Gasteiger partial charge in [-0.2, -0.15) is 0 Å². The fourth-order valence-corrected chi connectivity index (χ4v) is 4.05. The molecule has 0 fully saturated rings. The molecule has 0 aromatic heterocycles. The van der Waals surface area contributed by atoms with Gasteiger partial charge in [0.05, 0.1) is 0 Å². The van der Waals surface area contributed by atoms with E-state index in [0.29, 0.717) is 0 Å². The first kappa shape index (κ1) is 17.6. The second-order valence-electron chi connectivity index (χ2n) is 6.57. The molecule has 1 nitrogen and oxygen atoms in total. The Morgan fingerprint density at radius 1 is 0.741 bits per heavy atom. The molecule has 2 N–H and O–H groups in total. The topological polar surface area (TPSA) is 26.0 Å². The van der Waals surface area contributed by atoms with Crippen LogP contribution in [0.1, 0.15) is 22.6 Å². The number of nitrogen functional groups attached to an aromatic ring is 1. The third kappa shape index (κ3) is 3.67. The molecule has 27 heavy (non-hydrogen) atoms. The highest BCUT2D eigenvalue weighted by Crippen LogP contribution is 2.38. The van der Waals surface area contributed by atoms with Gasteiger partial charge in [-0.15, -0.1) is 0 Å². The van der Waals surface area contributed by atoms with Crippen LogP contribution in [0.25, 0.3) is 16.8 Å². The molecule has 0 saturated carbocycles. The normalized spacial score (nSPS) is 12.5. The predicted molar refractivity (Wildman–Crippen MR) is 120 cm³/mol. The molecule has 0 aliphatic carbocycles. The van der Waals surface area contributed by atoms with Crippen LogP contribution in [0, 0.1) is 0 Å². The standard InChI is InChI=1S/C25H20BrN/c26-24-17-23(25(27)22-14-8-7-13-21(22)24)20(19-11-5-2-6-12-19)16-15-18-9-3-1-4-10-18/h1-17,20H,27H2/b16-15+/t20-/m1/s1. The van der Waals surface area contributed by atoms with E-state index in [2.05, 4.69) is 94.8 Å². The summed E-state index contributed by atoms with van der Waals surface area (Å²) in [5, 5.41) is 2.22. The molecule has 0 unspecified atom stereocenters. The maximum absolute atomic E-state index is 6.64. The van der Waals surface area contributed by atoms with E-state index in [0.717, 1.165) is 26.5 Å². The van der Waals surface area contributed by atoms with Crippen molar-refractivity contribution < 1.29 is 0 Å². The smallest absolute Gasteiger partial charge is 0.0436 e. The van der Waals surface area contributed by atoms with Gasteiger partial charge in [0.2, 0.25) is 0 Å². The summed E-state index contributed by atoms with van der Waals surface area (Å²) in [6, 6.07) is 31.3. The van der Waals surface area contributed by atoms with Gasteiger partial charge in [-0.1, -0.05) is 113 Å². The zero-order chi connectivity index (χ0) is 18.6. The fourth-order valence-electron chi connectivity index (χ4n) is 3.46. The lowest BCUT2D eigenvalue weighted by Crippen LogP contribution is -2.03. The molecule has 0 aliphatic heterocycles. The van der Waals surface area contributed by atoms with Crippen LogP contribution in [0.4, 0.5) is 5.69 Å². The van der Waals surface area contributed by atoms with E-state index in [1.54, 1.807) is 0 Å². The Labute approximate surface area is 168 Å². The van der Waals surface area contributed by atoms with E-state index in [9.17, 15) is 0 Å². The van der Waals surface area contributed by atoms with Gasteiger partial charge in [0.15, 0.2) is 0 Å². The molecule has 0 spiro atoms. The maximum atomic E-state index is 6.64. The van der Waals surface area contributed by atoms with Crippen molar-refractivity contribution in [2.75, 3.05) is 5.73 Å². The van der Waals surface area contributed by atoms with Gasteiger partial charge in [-0.3, -0.25) is 0 Å². The summed E-state index contributed by atoms with van der Waals surface area (Å²) in [7, 11) is 0. The number of fused-ring (bicyclic) bond motifs is 1. The molecule has 0 heterocycles. The maximum Gasteiger partial charge on any atom is 0.0436 e. The Bertz CT molecular complexity index is 1090. The fraction of sp³-hybridized carbons (Fsp3) is 0.0400. The number of rotatable bonds is 4. The van der Waals surface area contributed by atoms with Crippen molar-refractivity contribution in [2.45, 2.75) is 5.92 Å². The number of halogens is 1. The lowest BCUT2D eigenvalue weighted by Gasteiger charge is -2.19. The molecular weight excluding hydrogens is 394 g/mol. The third-order valence-corrected chi connectivity index (χ3v) is 5.50. The monoisotopic (exact) mass is 413 g/mol. The van der Waals surface area contributed by atoms with Crippen molar-refractivity contribution in [3.63, 3.8) is 0 Å². The second kappa shape index (κ2) is 7.81. The quantitative estimate of drug-likeness (QED) is 0.357. The van der Waals surface area contributed by atoms with Gasteiger partial charge in [0.25, 0.3) is 0 Å². The molecule has 4 aromatic rings. The van der Waals surface area contributed by atoms with E-state index in [1.807, 2.05) is 24.3 Å². The van der Waals surface area contributed by atoms with Crippen molar-refractivity contribution in [3.05, 3.63) is 118 Å². The van der Waals surface area contributed by atoms with Gasteiger partial charge in [-0.25, -0.2) is 0 Å². The number of anilines is 1. The van der Waals surface area contributed by atoms with Crippen LogP contribution in [0.5, 0.6) is 0 Å². The number of hydrogen-bond acceptors (Lipinski definition) is 1. The zero-order valence-corrected chi connectivity index (χ0v) is 16.4. The van der Waals surface area contributed by atoms with Gasteiger partial charge in [0, 0.05) is 21.5 Å². The van der Waals surface area contributed by atoms with E-state index < -0.39 is 0 Å². The van der Waals surface area contributed by atoms with E-state index in [-0.39, 0.29) is 5.92 Å². The second-order valence-corrected chi connectivity index (χ2v) is 7.42. The summed E-state index contributed by atoms with van der Waals surface area (Å²) < 4.78 is 1.07. The molecular formula is C25H20BrN. The Hall–Kier alpha value is -2.84. The van der Waals surface area contributed by atoms with Gasteiger partial charge in [-0.05, 0) is 28.1 Å². The Morgan fingerprint density at radius 3 is 2.04 bits per heavy atom. The minimum atomic E-state index is 0.0762. The van der Waals surface area contributed by atoms with Crippen molar-refractivity contribution >= 4 is 38.5 Å². The van der Waals surface area contributed by atoms with Crippen molar-refractivity contribution in [1.82, 2.24) is 0 Å². The van der Waals surface area contributed by atoms with E-state index >= 15 is 0 Å². The summed E-state index contributed by atoms with van der Waals surface area (Å²) in [5.41, 5.74) is 11.0. The Balaban J connectivity index is 1.88. The van der Waals surface area contributed by atoms with Crippen molar-refractivity contribution in [1.29, 1.82) is 0 Å².